The Kier molecular flexibility index (Phi) is 3.79. The predicted octanol–water partition coefficient (Wildman–Crippen LogP) is 3.23. The first kappa shape index (κ1) is 13.6. The molecule has 5 atom stereocenters. The molecule has 2 fully saturated rings. The van der Waals surface area contributed by atoms with Crippen LogP contribution < -0.4 is 5.32 Å². The van der Waals surface area contributed by atoms with Crippen LogP contribution in [0.2, 0.25) is 0 Å². The van der Waals surface area contributed by atoms with E-state index in [9.17, 15) is 9.90 Å². The van der Waals surface area contributed by atoms with Gasteiger partial charge in [0.1, 0.15) is 0 Å². The van der Waals surface area contributed by atoms with E-state index >= 15 is 0 Å². The number of fused-ring (bicyclic) bond motifs is 2. The fraction of sp³-hybridized carbons (Fsp3) is 0.588. The van der Waals surface area contributed by atoms with Crippen molar-refractivity contribution in [2.24, 2.45) is 17.8 Å². The van der Waals surface area contributed by atoms with Gasteiger partial charge in [-0.1, -0.05) is 37.3 Å². The molecule has 3 nitrogen and oxygen atoms in total. The Morgan fingerprint density at radius 2 is 2.00 bits per heavy atom. The zero-order chi connectivity index (χ0) is 14.1. The van der Waals surface area contributed by atoms with E-state index in [1.807, 2.05) is 6.07 Å². The summed E-state index contributed by atoms with van der Waals surface area (Å²) >= 11 is 0. The maximum atomic E-state index is 11.6. The molecule has 1 aromatic carbocycles. The van der Waals surface area contributed by atoms with Gasteiger partial charge < -0.3 is 10.4 Å². The molecule has 0 aromatic heterocycles. The van der Waals surface area contributed by atoms with Crippen molar-refractivity contribution in [2.45, 2.75) is 44.7 Å². The number of hydrogen-bond acceptors (Lipinski definition) is 2. The van der Waals surface area contributed by atoms with Crippen molar-refractivity contribution in [1.29, 1.82) is 0 Å². The molecule has 2 bridgehead atoms. The minimum atomic E-state index is -0.613. The molecule has 0 spiro atoms. The van der Waals surface area contributed by atoms with E-state index in [0.29, 0.717) is 11.8 Å². The molecule has 2 aliphatic carbocycles. The first-order valence-corrected chi connectivity index (χ1v) is 7.74. The lowest BCUT2D eigenvalue weighted by atomic mass is 9.83. The lowest BCUT2D eigenvalue weighted by Gasteiger charge is -2.32. The molecule has 3 rings (SSSR count). The highest BCUT2D eigenvalue weighted by atomic mass is 16.4. The topological polar surface area (TPSA) is 49.3 Å². The van der Waals surface area contributed by atoms with Crippen LogP contribution in [0, 0.1) is 17.8 Å². The second kappa shape index (κ2) is 5.57. The fourth-order valence-electron chi connectivity index (χ4n) is 4.25. The summed E-state index contributed by atoms with van der Waals surface area (Å²) < 4.78 is 0. The second-order valence-electron chi connectivity index (χ2n) is 6.26. The zero-order valence-corrected chi connectivity index (χ0v) is 12.0. The third kappa shape index (κ3) is 2.35. The minimum absolute atomic E-state index is 0.149. The third-order valence-electron chi connectivity index (χ3n) is 5.21. The van der Waals surface area contributed by atoms with Crippen LogP contribution >= 0.6 is 0 Å². The van der Waals surface area contributed by atoms with Crippen molar-refractivity contribution in [3.63, 3.8) is 0 Å². The van der Waals surface area contributed by atoms with Crippen molar-refractivity contribution in [2.75, 3.05) is 0 Å². The molecule has 0 aliphatic heterocycles. The maximum Gasteiger partial charge on any atom is 0.308 e. The smallest absolute Gasteiger partial charge is 0.308 e. The maximum absolute atomic E-state index is 11.6. The lowest BCUT2D eigenvalue weighted by Crippen LogP contribution is -2.45. The number of carboxylic acid groups (broad SMARTS) is 1. The molecular formula is C17H23NO2. The summed E-state index contributed by atoms with van der Waals surface area (Å²) in [5.74, 6) is 0.145. The van der Waals surface area contributed by atoms with Gasteiger partial charge in [-0.25, -0.2) is 0 Å². The lowest BCUT2D eigenvalue weighted by molar-refractivity contribution is -0.144. The second-order valence-corrected chi connectivity index (χ2v) is 6.26. The molecule has 0 amide bonds. The molecule has 3 heteroatoms. The fourth-order valence-corrected chi connectivity index (χ4v) is 4.25. The molecule has 0 heterocycles. The van der Waals surface area contributed by atoms with E-state index in [-0.39, 0.29) is 18.0 Å². The Balaban J connectivity index is 1.77. The number of benzene rings is 1. The van der Waals surface area contributed by atoms with E-state index in [4.69, 9.17) is 0 Å². The zero-order valence-electron chi connectivity index (χ0n) is 12.0. The minimum Gasteiger partial charge on any atom is -0.481 e. The number of carbonyl (C=O) groups is 1. The number of carboxylic acids is 1. The standard InChI is InChI=1S/C17H23NO2/c1-2-14(11-6-4-3-5-7-11)18-16-13-9-8-12(10-13)15(16)17(19)20/h3-7,12-16,18H,2,8-10H2,1H3,(H,19,20). The summed E-state index contributed by atoms with van der Waals surface area (Å²) in [6, 6.07) is 10.8. The van der Waals surface area contributed by atoms with Crippen LogP contribution in [0.1, 0.15) is 44.2 Å². The number of nitrogens with one attached hydrogen (secondary N) is 1. The monoisotopic (exact) mass is 273 g/mol. The highest BCUT2D eigenvalue weighted by Crippen LogP contribution is 2.49. The van der Waals surface area contributed by atoms with Crippen LogP contribution in [0.3, 0.4) is 0 Å². The van der Waals surface area contributed by atoms with Crippen LogP contribution in [0.25, 0.3) is 0 Å². The van der Waals surface area contributed by atoms with Crippen LogP contribution in [-0.4, -0.2) is 17.1 Å². The summed E-state index contributed by atoms with van der Waals surface area (Å²) in [7, 11) is 0. The Labute approximate surface area is 120 Å². The molecule has 0 saturated heterocycles. The summed E-state index contributed by atoms with van der Waals surface area (Å²) in [6.07, 6.45) is 4.38. The molecule has 2 saturated carbocycles. The van der Waals surface area contributed by atoms with Gasteiger partial charge >= 0.3 is 5.97 Å². The molecule has 108 valence electrons. The Morgan fingerprint density at radius 1 is 1.30 bits per heavy atom. The van der Waals surface area contributed by atoms with Gasteiger partial charge in [-0.05, 0) is 43.1 Å². The normalized spacial score (nSPS) is 33.2. The van der Waals surface area contributed by atoms with Crippen LogP contribution in [0.5, 0.6) is 0 Å². The molecule has 2 aliphatic rings. The Hall–Kier alpha value is -1.35. The number of hydrogen-bond donors (Lipinski definition) is 2. The van der Waals surface area contributed by atoms with Gasteiger partial charge in [0, 0.05) is 12.1 Å². The number of aliphatic carboxylic acids is 1. The quantitative estimate of drug-likeness (QED) is 0.866. The predicted molar refractivity (Wildman–Crippen MR) is 78.4 cm³/mol. The van der Waals surface area contributed by atoms with Crippen LogP contribution in [0.4, 0.5) is 0 Å². The Bertz CT molecular complexity index is 473. The van der Waals surface area contributed by atoms with Gasteiger partial charge in [-0.2, -0.15) is 0 Å². The van der Waals surface area contributed by atoms with Gasteiger partial charge in [0.25, 0.3) is 0 Å². The molecule has 0 radical (unpaired) electrons. The van der Waals surface area contributed by atoms with E-state index < -0.39 is 5.97 Å². The highest BCUT2D eigenvalue weighted by molar-refractivity contribution is 5.72. The van der Waals surface area contributed by atoms with Crippen LogP contribution in [0.15, 0.2) is 30.3 Å². The average molecular weight is 273 g/mol. The van der Waals surface area contributed by atoms with Gasteiger partial charge in [0.15, 0.2) is 0 Å². The van der Waals surface area contributed by atoms with Crippen molar-refractivity contribution in [3.05, 3.63) is 35.9 Å². The van der Waals surface area contributed by atoms with Crippen molar-refractivity contribution < 1.29 is 9.90 Å². The van der Waals surface area contributed by atoms with E-state index in [1.54, 1.807) is 0 Å². The van der Waals surface area contributed by atoms with Gasteiger partial charge in [-0.15, -0.1) is 0 Å². The molecule has 20 heavy (non-hydrogen) atoms. The summed E-state index contributed by atoms with van der Waals surface area (Å²) in [6.45, 7) is 2.16. The van der Waals surface area contributed by atoms with Crippen LogP contribution in [-0.2, 0) is 4.79 Å². The molecular weight excluding hydrogens is 250 g/mol. The third-order valence-corrected chi connectivity index (χ3v) is 5.21. The van der Waals surface area contributed by atoms with E-state index in [1.165, 1.54) is 12.0 Å². The summed E-state index contributed by atoms with van der Waals surface area (Å²) in [5.41, 5.74) is 1.27. The van der Waals surface area contributed by atoms with Crippen molar-refractivity contribution >= 4 is 5.97 Å². The van der Waals surface area contributed by atoms with Crippen molar-refractivity contribution in [3.8, 4) is 0 Å². The van der Waals surface area contributed by atoms with Gasteiger partial charge in [-0.3, -0.25) is 4.79 Å². The SMILES string of the molecule is CCC(NC1C2CCC(C2)C1C(=O)O)c1ccccc1. The van der Waals surface area contributed by atoms with Gasteiger partial charge in [0.2, 0.25) is 0 Å². The summed E-state index contributed by atoms with van der Waals surface area (Å²) in [5, 5.41) is 13.2. The molecule has 2 N–H and O–H groups in total. The first-order chi connectivity index (χ1) is 9.70. The Morgan fingerprint density at radius 3 is 2.65 bits per heavy atom. The van der Waals surface area contributed by atoms with E-state index in [0.717, 1.165) is 19.3 Å². The van der Waals surface area contributed by atoms with Gasteiger partial charge in [0.05, 0.1) is 5.92 Å². The molecule has 1 aromatic rings. The molecule has 5 unspecified atom stereocenters. The number of rotatable bonds is 5. The van der Waals surface area contributed by atoms with Crippen molar-refractivity contribution in [1.82, 2.24) is 5.32 Å². The van der Waals surface area contributed by atoms with E-state index in [2.05, 4.69) is 36.5 Å². The highest BCUT2D eigenvalue weighted by Gasteiger charge is 2.51. The average Bonchev–Trinajstić information content (AvgIpc) is 3.06. The first-order valence-electron chi connectivity index (χ1n) is 7.74. The largest absolute Gasteiger partial charge is 0.481 e. The summed E-state index contributed by atoms with van der Waals surface area (Å²) in [4.78, 5) is 11.6.